The van der Waals surface area contributed by atoms with Crippen LogP contribution in [0.3, 0.4) is 0 Å². The predicted octanol–water partition coefficient (Wildman–Crippen LogP) is 6.38. The second kappa shape index (κ2) is 12.1. The lowest BCUT2D eigenvalue weighted by molar-refractivity contribution is 0.150. The van der Waals surface area contributed by atoms with E-state index in [2.05, 4.69) is 6.92 Å². The van der Waals surface area contributed by atoms with Gasteiger partial charge in [0.2, 0.25) is 0 Å². The summed E-state index contributed by atoms with van der Waals surface area (Å²) in [6, 6.07) is 29.2. The third-order valence-electron chi connectivity index (χ3n) is 6.32. The minimum Gasteiger partial charge on any atom is -0.321 e. The zero-order valence-electron chi connectivity index (χ0n) is 20.4. The van der Waals surface area contributed by atoms with E-state index in [1.54, 1.807) is 4.90 Å². The Morgan fingerprint density at radius 1 is 0.629 bits per heavy atom. The summed E-state index contributed by atoms with van der Waals surface area (Å²) >= 11 is 0. The normalized spacial score (nSPS) is 13.4. The number of nitrogens with zero attached hydrogens (tertiary/aromatic N) is 4. The molecule has 0 spiro atoms. The summed E-state index contributed by atoms with van der Waals surface area (Å²) in [5.74, 6) is 0. The van der Waals surface area contributed by atoms with Crippen molar-refractivity contribution in [1.29, 1.82) is 0 Å². The summed E-state index contributed by atoms with van der Waals surface area (Å²) < 4.78 is 0. The molecular weight excluding hydrogens is 436 g/mol. The van der Waals surface area contributed by atoms with Gasteiger partial charge in [0.1, 0.15) is 0 Å². The molecular formula is C29H34N4O2. The van der Waals surface area contributed by atoms with Crippen LogP contribution in [-0.4, -0.2) is 54.6 Å². The molecule has 6 heteroatoms. The first-order chi connectivity index (χ1) is 17.2. The lowest BCUT2D eigenvalue weighted by Crippen LogP contribution is -2.56. The van der Waals surface area contributed by atoms with Crippen LogP contribution in [0.1, 0.15) is 26.2 Å². The maximum Gasteiger partial charge on any atom is 0.329 e. The first-order valence-electron chi connectivity index (χ1n) is 12.5. The van der Waals surface area contributed by atoms with E-state index in [0.29, 0.717) is 32.7 Å². The van der Waals surface area contributed by atoms with Crippen molar-refractivity contribution in [1.82, 2.24) is 9.80 Å². The van der Waals surface area contributed by atoms with Crippen molar-refractivity contribution in [2.24, 2.45) is 0 Å². The highest BCUT2D eigenvalue weighted by atomic mass is 16.2. The van der Waals surface area contributed by atoms with E-state index in [1.807, 2.05) is 106 Å². The van der Waals surface area contributed by atoms with Crippen LogP contribution in [0.5, 0.6) is 0 Å². The second-order valence-corrected chi connectivity index (χ2v) is 8.74. The fourth-order valence-corrected chi connectivity index (χ4v) is 4.39. The van der Waals surface area contributed by atoms with Crippen molar-refractivity contribution in [3.8, 4) is 0 Å². The molecule has 0 saturated carbocycles. The number of hydrogen-bond donors (Lipinski definition) is 0. The Labute approximate surface area is 208 Å². The summed E-state index contributed by atoms with van der Waals surface area (Å²) in [6.07, 6.45) is 3.17. The largest absolute Gasteiger partial charge is 0.329 e. The molecule has 35 heavy (non-hydrogen) atoms. The van der Waals surface area contributed by atoms with E-state index >= 15 is 0 Å². The van der Waals surface area contributed by atoms with Crippen molar-refractivity contribution in [3.05, 3.63) is 91.0 Å². The summed E-state index contributed by atoms with van der Waals surface area (Å²) in [5, 5.41) is 0. The average Bonchev–Trinajstić information content (AvgIpc) is 2.93. The van der Waals surface area contributed by atoms with E-state index in [0.717, 1.165) is 36.3 Å². The van der Waals surface area contributed by atoms with E-state index < -0.39 is 0 Å². The fourth-order valence-electron chi connectivity index (χ4n) is 4.39. The van der Waals surface area contributed by atoms with E-state index in [9.17, 15) is 9.59 Å². The zero-order valence-corrected chi connectivity index (χ0v) is 20.4. The van der Waals surface area contributed by atoms with Crippen LogP contribution in [0.4, 0.5) is 26.7 Å². The molecule has 4 rings (SSSR count). The van der Waals surface area contributed by atoms with Crippen LogP contribution in [0.25, 0.3) is 0 Å². The Morgan fingerprint density at radius 2 is 1.06 bits per heavy atom. The highest BCUT2D eigenvalue weighted by Crippen LogP contribution is 2.27. The number of hydrogen-bond acceptors (Lipinski definition) is 2. The van der Waals surface area contributed by atoms with Crippen LogP contribution >= 0.6 is 0 Å². The van der Waals surface area contributed by atoms with Gasteiger partial charge in [-0.25, -0.2) is 9.59 Å². The van der Waals surface area contributed by atoms with Crippen molar-refractivity contribution in [3.63, 3.8) is 0 Å². The van der Waals surface area contributed by atoms with Gasteiger partial charge in [-0.2, -0.15) is 0 Å². The monoisotopic (exact) mass is 470 g/mol. The number of carbonyl (C=O) groups is 2. The van der Waals surface area contributed by atoms with Crippen molar-refractivity contribution < 1.29 is 9.59 Å². The Kier molecular flexibility index (Phi) is 8.39. The van der Waals surface area contributed by atoms with Gasteiger partial charge in [-0.3, -0.25) is 9.80 Å². The quantitative estimate of drug-likeness (QED) is 0.376. The number of piperazine rings is 1. The zero-order chi connectivity index (χ0) is 24.5. The van der Waals surface area contributed by atoms with Gasteiger partial charge < -0.3 is 9.80 Å². The van der Waals surface area contributed by atoms with Gasteiger partial charge in [0.15, 0.2) is 0 Å². The number of para-hydroxylation sites is 3. The van der Waals surface area contributed by atoms with Crippen LogP contribution in [0.15, 0.2) is 91.0 Å². The Hall–Kier alpha value is -3.80. The molecule has 0 atom stereocenters. The number of amides is 4. The van der Waals surface area contributed by atoms with Crippen molar-refractivity contribution in [2.75, 3.05) is 42.5 Å². The number of urea groups is 2. The maximum absolute atomic E-state index is 13.6. The van der Waals surface area contributed by atoms with E-state index in [4.69, 9.17) is 0 Å². The summed E-state index contributed by atoms with van der Waals surface area (Å²) in [5.41, 5.74) is 2.58. The third-order valence-corrected chi connectivity index (χ3v) is 6.32. The number of carbonyl (C=O) groups excluding carboxylic acids is 2. The number of benzene rings is 3. The molecule has 0 radical (unpaired) electrons. The Morgan fingerprint density at radius 3 is 1.51 bits per heavy atom. The average molecular weight is 471 g/mol. The fraction of sp³-hybridized carbons (Fsp3) is 0.310. The molecule has 0 aromatic heterocycles. The molecule has 6 nitrogen and oxygen atoms in total. The van der Waals surface area contributed by atoms with Gasteiger partial charge >= 0.3 is 12.1 Å². The Bertz CT molecular complexity index is 1030. The summed E-state index contributed by atoms with van der Waals surface area (Å²) in [6.45, 7) is 4.89. The molecule has 0 unspecified atom stereocenters. The van der Waals surface area contributed by atoms with Crippen molar-refractivity contribution in [2.45, 2.75) is 26.2 Å². The molecule has 3 aromatic rings. The highest BCUT2D eigenvalue weighted by molar-refractivity contribution is 5.99. The SMILES string of the molecule is CCCCCN(C(=O)N1CCN(C(=O)N(c2ccccc2)c2ccccc2)CC1)c1ccccc1. The van der Waals surface area contributed by atoms with E-state index in [1.165, 1.54) is 0 Å². The lowest BCUT2D eigenvalue weighted by Gasteiger charge is -2.39. The molecule has 4 amide bonds. The highest BCUT2D eigenvalue weighted by Gasteiger charge is 2.30. The standard InChI is InChI=1S/C29H34N4O2/c1-2-3-13-20-32(25-14-7-4-8-15-25)28(34)30-21-23-31(24-22-30)29(35)33(26-16-9-5-10-17-26)27-18-11-6-12-19-27/h4-12,14-19H,2-3,13,20-24H2,1H3. The van der Waals surface area contributed by atoms with Gasteiger partial charge in [0.25, 0.3) is 0 Å². The minimum atomic E-state index is -0.0719. The minimum absolute atomic E-state index is 0.0161. The summed E-state index contributed by atoms with van der Waals surface area (Å²) in [7, 11) is 0. The third kappa shape index (κ3) is 6.01. The molecule has 182 valence electrons. The second-order valence-electron chi connectivity index (χ2n) is 8.74. The van der Waals surface area contributed by atoms with Crippen LogP contribution in [0, 0.1) is 0 Å². The number of rotatable bonds is 7. The van der Waals surface area contributed by atoms with E-state index in [-0.39, 0.29) is 12.1 Å². The molecule has 1 aliphatic rings. The molecule has 0 aliphatic carbocycles. The number of anilines is 3. The van der Waals surface area contributed by atoms with Gasteiger partial charge in [-0.05, 0) is 42.8 Å². The van der Waals surface area contributed by atoms with Gasteiger partial charge in [-0.15, -0.1) is 0 Å². The smallest absolute Gasteiger partial charge is 0.321 e. The van der Waals surface area contributed by atoms with Crippen molar-refractivity contribution >= 4 is 29.1 Å². The predicted molar refractivity (Wildman–Crippen MR) is 142 cm³/mol. The van der Waals surface area contributed by atoms with Gasteiger partial charge in [0.05, 0.1) is 11.4 Å². The molecule has 3 aromatic carbocycles. The lowest BCUT2D eigenvalue weighted by atomic mass is 10.2. The van der Waals surface area contributed by atoms with Crippen LogP contribution in [-0.2, 0) is 0 Å². The van der Waals surface area contributed by atoms with Gasteiger partial charge in [0, 0.05) is 38.4 Å². The molecule has 0 N–H and O–H groups in total. The molecule has 1 heterocycles. The first-order valence-corrected chi connectivity index (χ1v) is 12.5. The van der Waals surface area contributed by atoms with Gasteiger partial charge in [-0.1, -0.05) is 74.4 Å². The molecule has 1 saturated heterocycles. The molecule has 1 fully saturated rings. The Balaban J connectivity index is 1.45. The molecule has 1 aliphatic heterocycles. The van der Waals surface area contributed by atoms with Crippen LogP contribution in [0.2, 0.25) is 0 Å². The molecule has 0 bridgehead atoms. The summed E-state index contributed by atoms with van der Waals surface area (Å²) in [4.78, 5) is 34.5. The maximum atomic E-state index is 13.6. The van der Waals surface area contributed by atoms with Crippen LogP contribution < -0.4 is 9.80 Å². The topological polar surface area (TPSA) is 47.1 Å². The number of unbranched alkanes of at least 4 members (excludes halogenated alkanes) is 2. The first kappa shape index (κ1) is 24.3.